The molecule has 0 radical (unpaired) electrons. The van der Waals surface area contributed by atoms with E-state index in [-0.39, 0.29) is 18.8 Å². The largest absolute Gasteiger partial charge is 0.465 e. The van der Waals surface area contributed by atoms with Gasteiger partial charge in [0.2, 0.25) is 12.3 Å². The molecule has 14 nitrogen and oxygen atoms in total. The zero-order valence-electron chi connectivity index (χ0n) is 17.3. The van der Waals surface area contributed by atoms with Gasteiger partial charge in [-0.1, -0.05) is 30.3 Å². The fraction of sp³-hybridized carbons (Fsp3) is 0.100. The van der Waals surface area contributed by atoms with Crippen LogP contribution in [0.4, 0.5) is 21.1 Å². The minimum Gasteiger partial charge on any atom is -0.465 e. The van der Waals surface area contributed by atoms with Crippen LogP contribution in [0.1, 0.15) is 11.1 Å². The topological polar surface area (TPSA) is 183 Å². The van der Waals surface area contributed by atoms with Crippen molar-refractivity contribution in [2.75, 3.05) is 0 Å². The molecule has 0 aliphatic rings. The number of imidazole rings is 1. The molecule has 3 aromatic rings. The molecule has 174 valence electrons. The molecule has 14 heteroatoms. The molecule has 0 bridgehead atoms. The number of hydrogen-bond acceptors (Lipinski definition) is 8. The van der Waals surface area contributed by atoms with Gasteiger partial charge in [0.15, 0.2) is 0 Å². The second-order valence-electron chi connectivity index (χ2n) is 6.64. The Bertz CT molecular complexity index is 1240. The summed E-state index contributed by atoms with van der Waals surface area (Å²) in [5.41, 5.74) is 0.843. The van der Waals surface area contributed by atoms with Gasteiger partial charge in [0.25, 0.3) is 5.69 Å². The van der Waals surface area contributed by atoms with Gasteiger partial charge in [0, 0.05) is 12.1 Å². The predicted molar refractivity (Wildman–Crippen MR) is 115 cm³/mol. The molecular formula is C20H16N6O8. The van der Waals surface area contributed by atoms with Crippen molar-refractivity contribution in [3.05, 3.63) is 98.5 Å². The Morgan fingerprint density at radius 2 is 1.71 bits per heavy atom. The molecule has 34 heavy (non-hydrogen) atoms. The van der Waals surface area contributed by atoms with Crippen molar-refractivity contribution in [3.8, 4) is 0 Å². The van der Waals surface area contributed by atoms with Gasteiger partial charge >= 0.3 is 18.0 Å². The number of hydrogen-bond donors (Lipinski definition) is 1. The van der Waals surface area contributed by atoms with E-state index in [0.717, 1.165) is 17.1 Å². The number of carbonyl (C=O) groups is 2. The van der Waals surface area contributed by atoms with Crippen LogP contribution in [0.5, 0.6) is 0 Å². The Hall–Kier alpha value is -5.14. The van der Waals surface area contributed by atoms with Crippen LogP contribution in [0.25, 0.3) is 0 Å². The number of benzene rings is 2. The molecule has 1 aromatic heterocycles. The predicted octanol–water partition coefficient (Wildman–Crippen LogP) is 3.42. The number of rotatable bonds is 6. The summed E-state index contributed by atoms with van der Waals surface area (Å²) in [4.78, 5) is 52.7. The average molecular weight is 468 g/mol. The van der Waals surface area contributed by atoms with E-state index in [1.807, 2.05) is 0 Å². The molecule has 2 aromatic carbocycles. The first kappa shape index (κ1) is 23.5. The molecular weight excluding hydrogens is 452 g/mol. The lowest BCUT2D eigenvalue weighted by molar-refractivity contribution is -0.389. The Morgan fingerprint density at radius 1 is 1.03 bits per heavy atom. The maximum Gasteiger partial charge on any atom is 0.437 e. The maximum atomic E-state index is 12.4. The summed E-state index contributed by atoms with van der Waals surface area (Å²) in [6.45, 7) is -0.528. The van der Waals surface area contributed by atoms with Gasteiger partial charge in [-0.05, 0) is 33.2 Å². The summed E-state index contributed by atoms with van der Waals surface area (Å²) in [6.07, 6.45) is -0.823. The van der Waals surface area contributed by atoms with Crippen molar-refractivity contribution in [1.29, 1.82) is 0 Å². The summed E-state index contributed by atoms with van der Waals surface area (Å²) < 4.78 is 5.95. The number of amides is 2. The molecule has 0 aliphatic heterocycles. The quantitative estimate of drug-likeness (QED) is 0.245. The smallest absolute Gasteiger partial charge is 0.437 e. The molecule has 0 aliphatic carbocycles. The highest BCUT2D eigenvalue weighted by molar-refractivity contribution is 5.99. The first-order valence-electron chi connectivity index (χ1n) is 9.46. The van der Waals surface area contributed by atoms with E-state index < -0.39 is 33.8 Å². The molecule has 0 saturated heterocycles. The molecule has 0 fully saturated rings. The van der Waals surface area contributed by atoms with Crippen LogP contribution in [0.2, 0.25) is 0 Å². The molecule has 0 saturated carbocycles. The second kappa shape index (κ2) is 10.4. The van der Waals surface area contributed by atoms with Gasteiger partial charge in [-0.15, -0.1) is 4.99 Å². The Morgan fingerprint density at radius 3 is 2.26 bits per heavy atom. The number of nitrogens with zero attached hydrogens (tertiary/aromatic N) is 6. The monoisotopic (exact) mass is 468 g/mol. The standard InChI is InChI=1S/C20H16N6O8/c27-19(34-12-15-6-8-16(9-7-15)25(30)31)22-18(23-11-17(21-13-23)26(32)33)24(20(28)29)10-14-4-2-1-3-5-14/h1-9,11,13H,10,12H2,(H,28,29). The van der Waals surface area contributed by atoms with Crippen LogP contribution in [0.15, 0.2) is 72.1 Å². The summed E-state index contributed by atoms with van der Waals surface area (Å²) >= 11 is 0. The average Bonchev–Trinajstić information content (AvgIpc) is 3.31. The molecule has 1 heterocycles. The summed E-state index contributed by atoms with van der Waals surface area (Å²) in [5.74, 6) is -1.08. The minimum absolute atomic E-state index is 0.143. The van der Waals surface area contributed by atoms with E-state index in [1.165, 1.54) is 24.3 Å². The first-order valence-corrected chi connectivity index (χ1v) is 9.46. The highest BCUT2D eigenvalue weighted by Gasteiger charge is 2.25. The van der Waals surface area contributed by atoms with Gasteiger partial charge in [-0.3, -0.25) is 10.1 Å². The van der Waals surface area contributed by atoms with E-state index in [4.69, 9.17) is 4.74 Å². The molecule has 1 N–H and O–H groups in total. The van der Waals surface area contributed by atoms with Gasteiger partial charge < -0.3 is 20.0 Å². The third-order valence-corrected chi connectivity index (χ3v) is 4.34. The lowest BCUT2D eigenvalue weighted by Gasteiger charge is -2.20. The highest BCUT2D eigenvalue weighted by Crippen LogP contribution is 2.14. The molecule has 3 rings (SSSR count). The number of carbonyl (C=O) groups excluding carboxylic acids is 1. The zero-order chi connectivity index (χ0) is 24.7. The zero-order valence-corrected chi connectivity index (χ0v) is 17.3. The van der Waals surface area contributed by atoms with Crippen LogP contribution in [0.3, 0.4) is 0 Å². The fourth-order valence-electron chi connectivity index (χ4n) is 2.74. The van der Waals surface area contributed by atoms with Gasteiger partial charge in [0.05, 0.1) is 11.5 Å². The molecule has 0 spiro atoms. The maximum absolute atomic E-state index is 12.4. The number of nitro groups is 2. The van der Waals surface area contributed by atoms with Crippen LogP contribution in [0, 0.1) is 20.2 Å². The summed E-state index contributed by atoms with van der Waals surface area (Å²) in [7, 11) is 0. The number of aromatic nitrogens is 2. The van der Waals surface area contributed by atoms with E-state index in [9.17, 15) is 34.9 Å². The highest BCUT2D eigenvalue weighted by atomic mass is 16.6. The first-order chi connectivity index (χ1) is 16.2. The Kier molecular flexibility index (Phi) is 7.23. The fourth-order valence-corrected chi connectivity index (χ4v) is 2.74. The lowest BCUT2D eigenvalue weighted by atomic mass is 10.2. The van der Waals surface area contributed by atoms with E-state index in [0.29, 0.717) is 16.0 Å². The second-order valence-corrected chi connectivity index (χ2v) is 6.64. The molecule has 0 unspecified atom stereocenters. The van der Waals surface area contributed by atoms with Crippen molar-refractivity contribution >= 4 is 29.7 Å². The van der Waals surface area contributed by atoms with Crippen LogP contribution >= 0.6 is 0 Å². The Labute approximate surface area is 190 Å². The third-order valence-electron chi connectivity index (χ3n) is 4.34. The number of non-ortho nitro benzene ring substituents is 1. The number of carboxylic acid groups (broad SMARTS) is 1. The SMILES string of the molecule is O=C(N=C(N(Cc1ccccc1)C(=O)O)n1cnc([N+](=O)[O-])c1)OCc1ccc([N+](=O)[O-])cc1. The molecule has 2 amide bonds. The van der Waals surface area contributed by atoms with Gasteiger partial charge in [-0.2, -0.15) is 0 Å². The van der Waals surface area contributed by atoms with Crippen molar-refractivity contribution in [2.24, 2.45) is 4.99 Å². The van der Waals surface area contributed by atoms with E-state index in [1.54, 1.807) is 30.3 Å². The lowest BCUT2D eigenvalue weighted by Crippen LogP contribution is -2.39. The number of aliphatic imine (C=N–C) groups is 1. The summed E-state index contributed by atoms with van der Waals surface area (Å²) in [6, 6.07) is 13.6. The number of nitro benzene ring substituents is 1. The van der Waals surface area contributed by atoms with Crippen molar-refractivity contribution in [2.45, 2.75) is 13.2 Å². The van der Waals surface area contributed by atoms with Crippen LogP contribution < -0.4 is 0 Å². The molecule has 0 atom stereocenters. The van der Waals surface area contributed by atoms with Crippen molar-refractivity contribution < 1.29 is 29.3 Å². The Balaban J connectivity index is 1.87. The van der Waals surface area contributed by atoms with Crippen molar-refractivity contribution in [3.63, 3.8) is 0 Å². The van der Waals surface area contributed by atoms with Crippen LogP contribution in [-0.2, 0) is 17.9 Å². The number of ether oxygens (including phenoxy) is 1. The van der Waals surface area contributed by atoms with Gasteiger partial charge in [0.1, 0.15) is 12.8 Å². The van der Waals surface area contributed by atoms with Crippen LogP contribution in [-0.4, -0.2) is 47.6 Å². The van der Waals surface area contributed by atoms with Crippen molar-refractivity contribution in [1.82, 2.24) is 14.5 Å². The van der Waals surface area contributed by atoms with E-state index in [2.05, 4.69) is 9.98 Å². The van der Waals surface area contributed by atoms with Gasteiger partial charge in [-0.25, -0.2) is 19.1 Å². The normalized spacial score (nSPS) is 11.0. The summed E-state index contributed by atoms with van der Waals surface area (Å²) in [5, 5.41) is 31.5. The van der Waals surface area contributed by atoms with E-state index >= 15 is 0 Å². The minimum atomic E-state index is -1.48. The third kappa shape index (κ3) is 5.97.